The molecule has 2 rings (SSSR count). The van der Waals surface area contributed by atoms with Gasteiger partial charge in [-0.15, -0.1) is 0 Å². The smallest absolute Gasteiger partial charge is 0.217 e. The van der Waals surface area contributed by atoms with Crippen molar-refractivity contribution in [3.63, 3.8) is 0 Å². The van der Waals surface area contributed by atoms with Crippen LogP contribution in [0.15, 0.2) is 42.5 Å². The Morgan fingerprint density at radius 2 is 1.64 bits per heavy atom. The van der Waals surface area contributed by atoms with Crippen LogP contribution in [0, 0.1) is 17.0 Å². The SMILES string of the molecule is COc1ccc(CC(CCC(=O)CCc2ccc(C)cc2)[N+](=O)[O-])cc1OC. The number of carbonyl (C=O) groups is 1. The number of ketones is 1. The Balaban J connectivity index is 1.89. The Bertz CT molecular complexity index is 801. The van der Waals surface area contributed by atoms with Gasteiger partial charge in [-0.1, -0.05) is 35.9 Å². The predicted molar refractivity (Wildman–Crippen MR) is 108 cm³/mol. The molecule has 0 bridgehead atoms. The maximum Gasteiger partial charge on any atom is 0.217 e. The third-order valence-electron chi connectivity index (χ3n) is 4.79. The molecule has 6 nitrogen and oxygen atoms in total. The summed E-state index contributed by atoms with van der Waals surface area (Å²) in [7, 11) is 3.07. The lowest BCUT2D eigenvalue weighted by molar-refractivity contribution is -0.522. The summed E-state index contributed by atoms with van der Waals surface area (Å²) in [4.78, 5) is 23.3. The number of nitrogens with zero attached hydrogens (tertiary/aromatic N) is 1. The minimum Gasteiger partial charge on any atom is -0.493 e. The molecule has 0 spiro atoms. The second-order valence-electron chi connectivity index (χ2n) is 6.90. The molecule has 0 heterocycles. The molecule has 28 heavy (non-hydrogen) atoms. The molecular formula is C22H27NO5. The first kappa shape index (κ1) is 21.4. The minimum atomic E-state index is -0.804. The van der Waals surface area contributed by atoms with E-state index in [2.05, 4.69) is 0 Å². The van der Waals surface area contributed by atoms with Gasteiger partial charge >= 0.3 is 0 Å². The van der Waals surface area contributed by atoms with E-state index in [1.165, 1.54) is 12.7 Å². The quantitative estimate of drug-likeness (QED) is 0.428. The fourth-order valence-electron chi connectivity index (χ4n) is 3.05. The van der Waals surface area contributed by atoms with Crippen molar-refractivity contribution >= 4 is 5.78 Å². The van der Waals surface area contributed by atoms with Crippen LogP contribution in [0.2, 0.25) is 0 Å². The molecule has 6 heteroatoms. The Kier molecular flexibility index (Phi) is 7.99. The number of Topliss-reactive ketones (excluding diaryl/α,β-unsaturated/α-hetero) is 1. The first-order valence-corrected chi connectivity index (χ1v) is 9.34. The predicted octanol–water partition coefficient (Wildman–Crippen LogP) is 4.18. The highest BCUT2D eigenvalue weighted by molar-refractivity contribution is 5.78. The van der Waals surface area contributed by atoms with Crippen molar-refractivity contribution in [2.45, 2.75) is 45.1 Å². The van der Waals surface area contributed by atoms with Crippen LogP contribution in [0.25, 0.3) is 0 Å². The largest absolute Gasteiger partial charge is 0.493 e. The number of hydrogen-bond donors (Lipinski definition) is 0. The van der Waals surface area contributed by atoms with Gasteiger partial charge in [-0.2, -0.15) is 0 Å². The van der Waals surface area contributed by atoms with E-state index in [1.54, 1.807) is 25.3 Å². The number of methoxy groups -OCH3 is 2. The molecule has 0 radical (unpaired) electrons. The van der Waals surface area contributed by atoms with Gasteiger partial charge in [0.05, 0.1) is 14.2 Å². The molecule has 0 N–H and O–H groups in total. The van der Waals surface area contributed by atoms with E-state index in [4.69, 9.17) is 9.47 Å². The van der Waals surface area contributed by atoms with E-state index in [0.29, 0.717) is 24.3 Å². The monoisotopic (exact) mass is 385 g/mol. The molecule has 0 fully saturated rings. The fraction of sp³-hybridized carbons (Fsp3) is 0.409. The Morgan fingerprint density at radius 1 is 1.00 bits per heavy atom. The highest BCUT2D eigenvalue weighted by Gasteiger charge is 2.22. The molecule has 2 aromatic carbocycles. The Hall–Kier alpha value is -2.89. The summed E-state index contributed by atoms with van der Waals surface area (Å²) < 4.78 is 10.4. The van der Waals surface area contributed by atoms with Crippen molar-refractivity contribution in [3.8, 4) is 11.5 Å². The number of benzene rings is 2. The molecule has 0 aliphatic carbocycles. The van der Waals surface area contributed by atoms with E-state index < -0.39 is 6.04 Å². The van der Waals surface area contributed by atoms with Gasteiger partial charge < -0.3 is 9.47 Å². The van der Waals surface area contributed by atoms with Gasteiger partial charge in [0.2, 0.25) is 6.04 Å². The van der Waals surface area contributed by atoms with Crippen LogP contribution >= 0.6 is 0 Å². The van der Waals surface area contributed by atoms with E-state index in [0.717, 1.165) is 11.1 Å². The number of ether oxygens (including phenoxy) is 2. The van der Waals surface area contributed by atoms with Crippen LogP contribution in [0.3, 0.4) is 0 Å². The fourth-order valence-corrected chi connectivity index (χ4v) is 3.05. The van der Waals surface area contributed by atoms with Gasteiger partial charge in [-0.25, -0.2) is 0 Å². The first-order chi connectivity index (χ1) is 13.4. The van der Waals surface area contributed by atoms with Crippen molar-refractivity contribution in [2.24, 2.45) is 0 Å². The van der Waals surface area contributed by atoms with E-state index in [9.17, 15) is 14.9 Å². The average Bonchev–Trinajstić information content (AvgIpc) is 2.70. The number of aryl methyl sites for hydroxylation is 2. The van der Waals surface area contributed by atoms with Crippen LogP contribution < -0.4 is 9.47 Å². The summed E-state index contributed by atoms with van der Waals surface area (Å²) in [5.41, 5.74) is 3.07. The van der Waals surface area contributed by atoms with E-state index in [1.807, 2.05) is 31.2 Å². The zero-order valence-corrected chi connectivity index (χ0v) is 16.6. The summed E-state index contributed by atoms with van der Waals surface area (Å²) in [6.45, 7) is 2.02. The summed E-state index contributed by atoms with van der Waals surface area (Å²) >= 11 is 0. The normalized spacial score (nSPS) is 11.7. The topological polar surface area (TPSA) is 78.7 Å². The van der Waals surface area contributed by atoms with E-state index >= 15 is 0 Å². The highest BCUT2D eigenvalue weighted by atomic mass is 16.6. The third-order valence-corrected chi connectivity index (χ3v) is 4.79. The number of nitro groups is 1. The van der Waals surface area contributed by atoms with Gasteiger partial charge in [0, 0.05) is 30.6 Å². The summed E-state index contributed by atoms with van der Waals surface area (Å²) in [5, 5.41) is 11.4. The van der Waals surface area contributed by atoms with Crippen molar-refractivity contribution in [1.82, 2.24) is 0 Å². The Labute approximate surface area is 165 Å². The lowest BCUT2D eigenvalue weighted by Gasteiger charge is -2.12. The molecule has 1 unspecified atom stereocenters. The van der Waals surface area contributed by atoms with Gasteiger partial charge in [-0.05, 0) is 36.6 Å². The van der Waals surface area contributed by atoms with Gasteiger partial charge in [0.25, 0.3) is 0 Å². The van der Waals surface area contributed by atoms with Crippen molar-refractivity contribution in [1.29, 1.82) is 0 Å². The van der Waals surface area contributed by atoms with Crippen LogP contribution in [0.1, 0.15) is 36.0 Å². The average molecular weight is 385 g/mol. The number of carbonyl (C=O) groups excluding carboxylic acids is 1. The molecule has 150 valence electrons. The van der Waals surface area contributed by atoms with Crippen molar-refractivity contribution in [2.75, 3.05) is 14.2 Å². The summed E-state index contributed by atoms with van der Waals surface area (Å²) in [5.74, 6) is 1.17. The van der Waals surface area contributed by atoms with Crippen LogP contribution in [-0.2, 0) is 17.6 Å². The highest BCUT2D eigenvalue weighted by Crippen LogP contribution is 2.28. The number of hydrogen-bond acceptors (Lipinski definition) is 5. The van der Waals surface area contributed by atoms with Gasteiger partial charge in [0.15, 0.2) is 11.5 Å². The lowest BCUT2D eigenvalue weighted by atomic mass is 9.98. The van der Waals surface area contributed by atoms with Crippen LogP contribution in [-0.4, -0.2) is 31.0 Å². The molecule has 2 aromatic rings. The standard InChI is InChI=1S/C22H27NO5/c1-16-4-6-17(7-5-16)8-11-20(24)12-10-19(23(25)26)14-18-9-13-21(27-2)22(15-18)28-3/h4-7,9,13,15,19H,8,10-12,14H2,1-3H3. The molecule has 0 saturated carbocycles. The first-order valence-electron chi connectivity index (χ1n) is 9.34. The van der Waals surface area contributed by atoms with Crippen LogP contribution in [0.4, 0.5) is 0 Å². The second kappa shape index (κ2) is 10.4. The molecule has 0 aliphatic rings. The number of rotatable bonds is 11. The zero-order valence-electron chi connectivity index (χ0n) is 16.6. The summed E-state index contributed by atoms with van der Waals surface area (Å²) in [6, 6.07) is 12.5. The van der Waals surface area contributed by atoms with E-state index in [-0.39, 0.29) is 30.0 Å². The maximum atomic E-state index is 12.2. The van der Waals surface area contributed by atoms with Crippen molar-refractivity contribution in [3.05, 3.63) is 69.3 Å². The zero-order chi connectivity index (χ0) is 20.5. The molecular weight excluding hydrogens is 358 g/mol. The van der Waals surface area contributed by atoms with Crippen molar-refractivity contribution < 1.29 is 19.2 Å². The van der Waals surface area contributed by atoms with Gasteiger partial charge in [0.1, 0.15) is 5.78 Å². The van der Waals surface area contributed by atoms with Gasteiger partial charge in [-0.3, -0.25) is 14.9 Å². The second-order valence-corrected chi connectivity index (χ2v) is 6.90. The molecule has 1 atom stereocenters. The molecule has 0 amide bonds. The maximum absolute atomic E-state index is 12.2. The summed E-state index contributed by atoms with van der Waals surface area (Å²) in [6.07, 6.45) is 1.76. The Morgan fingerprint density at radius 3 is 2.25 bits per heavy atom. The lowest BCUT2D eigenvalue weighted by Crippen LogP contribution is -2.23. The molecule has 0 saturated heterocycles. The third kappa shape index (κ3) is 6.37. The minimum absolute atomic E-state index is 0.0553. The molecule has 0 aromatic heterocycles. The molecule has 0 aliphatic heterocycles. The van der Waals surface area contributed by atoms with Crippen LogP contribution in [0.5, 0.6) is 11.5 Å².